The molecule has 1 saturated heterocycles. The zero-order valence-corrected chi connectivity index (χ0v) is 16.1. The first-order chi connectivity index (χ1) is 12.5. The average Bonchev–Trinajstić information content (AvgIpc) is 2.64. The number of hydrogen-bond acceptors (Lipinski definition) is 4. The standard InChI is InChI=1S/C20H21BrN2O3/c1-14(24)23-18-8-7-16(21)13-17(18)19(25)26-20(9-11-22-12-10-20)15-5-3-2-4-6-15/h2-8,13,22H,9-12H2,1H3,(H,23,24). The van der Waals surface area contributed by atoms with Gasteiger partial charge in [0.15, 0.2) is 0 Å². The predicted molar refractivity (Wildman–Crippen MR) is 104 cm³/mol. The maximum atomic E-state index is 13.0. The Morgan fingerprint density at radius 3 is 2.46 bits per heavy atom. The summed E-state index contributed by atoms with van der Waals surface area (Å²) in [5.74, 6) is -0.679. The Hall–Kier alpha value is -2.18. The molecule has 0 radical (unpaired) electrons. The van der Waals surface area contributed by atoms with Crippen LogP contribution in [0.1, 0.15) is 35.7 Å². The summed E-state index contributed by atoms with van der Waals surface area (Å²) in [5, 5.41) is 6.01. The number of amides is 1. The van der Waals surface area contributed by atoms with Gasteiger partial charge in [0.2, 0.25) is 5.91 Å². The molecule has 136 valence electrons. The van der Waals surface area contributed by atoms with Crippen LogP contribution in [0, 0.1) is 0 Å². The van der Waals surface area contributed by atoms with E-state index in [1.165, 1.54) is 6.92 Å². The molecule has 0 unspecified atom stereocenters. The van der Waals surface area contributed by atoms with Crippen molar-refractivity contribution in [2.75, 3.05) is 18.4 Å². The number of piperidine rings is 1. The first-order valence-electron chi connectivity index (χ1n) is 8.57. The molecule has 1 heterocycles. The van der Waals surface area contributed by atoms with Gasteiger partial charge in [-0.05, 0) is 36.9 Å². The lowest BCUT2D eigenvalue weighted by Gasteiger charge is -2.37. The van der Waals surface area contributed by atoms with Crippen LogP contribution in [0.3, 0.4) is 0 Å². The van der Waals surface area contributed by atoms with E-state index in [1.807, 2.05) is 30.3 Å². The number of rotatable bonds is 4. The highest BCUT2D eigenvalue weighted by atomic mass is 79.9. The molecule has 0 aliphatic carbocycles. The molecule has 5 nitrogen and oxygen atoms in total. The second kappa shape index (κ2) is 8.01. The molecular weight excluding hydrogens is 396 g/mol. The molecular formula is C20H21BrN2O3. The number of carbonyl (C=O) groups excluding carboxylic acids is 2. The molecule has 0 aromatic heterocycles. The van der Waals surface area contributed by atoms with E-state index < -0.39 is 11.6 Å². The molecule has 3 rings (SSSR count). The van der Waals surface area contributed by atoms with E-state index >= 15 is 0 Å². The fraction of sp³-hybridized carbons (Fsp3) is 0.300. The van der Waals surface area contributed by atoms with Crippen LogP contribution >= 0.6 is 15.9 Å². The third-order valence-electron chi connectivity index (χ3n) is 4.51. The first kappa shape index (κ1) is 18.6. The molecule has 6 heteroatoms. The third-order valence-corrected chi connectivity index (χ3v) is 5.00. The molecule has 2 aromatic carbocycles. The number of anilines is 1. The second-order valence-corrected chi connectivity index (χ2v) is 7.29. The summed E-state index contributed by atoms with van der Waals surface area (Å²) in [7, 11) is 0. The molecule has 2 N–H and O–H groups in total. The van der Waals surface area contributed by atoms with Crippen molar-refractivity contribution in [3.63, 3.8) is 0 Å². The Morgan fingerprint density at radius 1 is 1.12 bits per heavy atom. The van der Waals surface area contributed by atoms with Crippen LogP contribution in [0.5, 0.6) is 0 Å². The molecule has 1 aliphatic rings. The maximum absolute atomic E-state index is 13.0. The third kappa shape index (κ3) is 4.14. The Balaban J connectivity index is 1.94. The van der Waals surface area contributed by atoms with Crippen LogP contribution in [-0.4, -0.2) is 25.0 Å². The van der Waals surface area contributed by atoms with E-state index in [0.717, 1.165) is 23.1 Å². The lowest BCUT2D eigenvalue weighted by atomic mass is 9.84. The number of halogens is 1. The molecule has 1 fully saturated rings. The Morgan fingerprint density at radius 2 is 1.81 bits per heavy atom. The van der Waals surface area contributed by atoms with E-state index in [1.54, 1.807) is 18.2 Å². The zero-order valence-electron chi connectivity index (χ0n) is 14.5. The van der Waals surface area contributed by atoms with Crippen LogP contribution in [0.15, 0.2) is 53.0 Å². The topological polar surface area (TPSA) is 67.4 Å². The Kier molecular flexibility index (Phi) is 5.74. The van der Waals surface area contributed by atoms with Gasteiger partial charge in [-0.2, -0.15) is 0 Å². The minimum atomic E-state index is -0.667. The van der Waals surface area contributed by atoms with Gasteiger partial charge in [0, 0.05) is 24.2 Å². The second-order valence-electron chi connectivity index (χ2n) is 6.37. The summed E-state index contributed by atoms with van der Waals surface area (Å²) >= 11 is 3.38. The fourth-order valence-electron chi connectivity index (χ4n) is 3.24. The molecule has 26 heavy (non-hydrogen) atoms. The largest absolute Gasteiger partial charge is 0.450 e. The van der Waals surface area contributed by atoms with E-state index in [2.05, 4.69) is 26.6 Å². The molecule has 0 bridgehead atoms. The number of ether oxygens (including phenoxy) is 1. The minimum absolute atomic E-state index is 0.235. The fourth-order valence-corrected chi connectivity index (χ4v) is 3.60. The van der Waals surface area contributed by atoms with Crippen LogP contribution < -0.4 is 10.6 Å². The van der Waals surface area contributed by atoms with Gasteiger partial charge < -0.3 is 15.4 Å². The van der Waals surface area contributed by atoms with Crippen molar-refractivity contribution in [2.45, 2.75) is 25.4 Å². The first-order valence-corrected chi connectivity index (χ1v) is 9.36. The van der Waals surface area contributed by atoms with Crippen molar-refractivity contribution >= 4 is 33.5 Å². The van der Waals surface area contributed by atoms with Crippen molar-refractivity contribution < 1.29 is 14.3 Å². The van der Waals surface area contributed by atoms with E-state index in [4.69, 9.17) is 4.74 Å². The SMILES string of the molecule is CC(=O)Nc1ccc(Br)cc1C(=O)OC1(c2ccccc2)CCNCC1. The molecule has 2 aromatic rings. The van der Waals surface area contributed by atoms with Crippen molar-refractivity contribution in [1.29, 1.82) is 0 Å². The molecule has 1 amide bonds. The normalized spacial score (nSPS) is 15.9. The van der Waals surface area contributed by atoms with Gasteiger partial charge in [-0.1, -0.05) is 46.3 Å². The average molecular weight is 417 g/mol. The minimum Gasteiger partial charge on any atom is -0.450 e. The van der Waals surface area contributed by atoms with E-state index in [9.17, 15) is 9.59 Å². The summed E-state index contributed by atoms with van der Waals surface area (Å²) in [5.41, 5.74) is 1.11. The van der Waals surface area contributed by atoms with Gasteiger partial charge >= 0.3 is 5.97 Å². The summed E-state index contributed by atoms with van der Waals surface area (Å²) in [4.78, 5) is 24.5. The summed E-state index contributed by atoms with van der Waals surface area (Å²) in [6, 6.07) is 15.0. The monoisotopic (exact) mass is 416 g/mol. The summed E-state index contributed by atoms with van der Waals surface area (Å²) in [6.07, 6.45) is 1.40. The van der Waals surface area contributed by atoms with Crippen LogP contribution in [0.2, 0.25) is 0 Å². The van der Waals surface area contributed by atoms with Crippen molar-refractivity contribution in [3.05, 3.63) is 64.1 Å². The van der Waals surface area contributed by atoms with Crippen LogP contribution in [0.4, 0.5) is 5.69 Å². The van der Waals surface area contributed by atoms with Crippen molar-refractivity contribution in [3.8, 4) is 0 Å². The summed E-state index contributed by atoms with van der Waals surface area (Å²) in [6.45, 7) is 2.97. The van der Waals surface area contributed by atoms with Gasteiger partial charge in [0.05, 0.1) is 11.3 Å². The van der Waals surface area contributed by atoms with E-state index in [0.29, 0.717) is 24.1 Å². The number of carbonyl (C=O) groups is 2. The van der Waals surface area contributed by atoms with Gasteiger partial charge in [0.25, 0.3) is 0 Å². The predicted octanol–water partition coefficient (Wildman–Crippen LogP) is 3.84. The smallest absolute Gasteiger partial charge is 0.341 e. The molecule has 0 saturated carbocycles. The van der Waals surface area contributed by atoms with Gasteiger partial charge in [-0.25, -0.2) is 4.79 Å². The number of esters is 1. The lowest BCUT2D eigenvalue weighted by molar-refractivity contribution is -0.114. The van der Waals surface area contributed by atoms with Gasteiger partial charge in [-0.3, -0.25) is 4.79 Å². The molecule has 1 aliphatic heterocycles. The Bertz CT molecular complexity index is 802. The molecule has 0 spiro atoms. The highest BCUT2D eigenvalue weighted by Gasteiger charge is 2.38. The number of hydrogen-bond donors (Lipinski definition) is 2. The van der Waals surface area contributed by atoms with Gasteiger partial charge in [-0.15, -0.1) is 0 Å². The van der Waals surface area contributed by atoms with Crippen LogP contribution in [0.25, 0.3) is 0 Å². The number of benzene rings is 2. The lowest BCUT2D eigenvalue weighted by Crippen LogP contribution is -2.43. The van der Waals surface area contributed by atoms with E-state index in [-0.39, 0.29) is 5.91 Å². The highest BCUT2D eigenvalue weighted by molar-refractivity contribution is 9.10. The number of nitrogens with one attached hydrogen (secondary N) is 2. The zero-order chi connectivity index (χ0) is 18.6. The van der Waals surface area contributed by atoms with Gasteiger partial charge in [0.1, 0.15) is 5.60 Å². The summed E-state index contributed by atoms with van der Waals surface area (Å²) < 4.78 is 6.83. The van der Waals surface area contributed by atoms with Crippen molar-refractivity contribution in [1.82, 2.24) is 5.32 Å². The quantitative estimate of drug-likeness (QED) is 0.742. The molecule has 0 atom stereocenters. The Labute approximate surface area is 161 Å². The highest BCUT2D eigenvalue weighted by Crippen LogP contribution is 2.36. The van der Waals surface area contributed by atoms with Crippen molar-refractivity contribution in [2.24, 2.45) is 0 Å². The van der Waals surface area contributed by atoms with Crippen LogP contribution in [-0.2, 0) is 15.1 Å². The maximum Gasteiger partial charge on any atom is 0.341 e.